The number of hydrogen-bond acceptors (Lipinski definition) is 3. The molecule has 43 heavy (non-hydrogen) atoms. The van der Waals surface area contributed by atoms with E-state index in [9.17, 15) is 0 Å². The molecule has 0 N–H and O–H groups in total. The molecule has 5 aromatic carbocycles. The average molecular weight is 552 g/mol. The summed E-state index contributed by atoms with van der Waals surface area (Å²) >= 11 is 0. The molecule has 0 aliphatic heterocycles. The van der Waals surface area contributed by atoms with Crippen molar-refractivity contribution in [2.24, 2.45) is 0 Å². The number of aromatic nitrogens is 3. The monoisotopic (exact) mass is 551 g/mol. The Kier molecular flexibility index (Phi) is 5.80. The largest absolute Gasteiger partial charge is 0.265 e. The first kappa shape index (κ1) is 25.3. The maximum Gasteiger partial charge on any atom is 0.160 e. The Bertz CT molecular complexity index is 2090. The summed E-state index contributed by atoms with van der Waals surface area (Å²) in [5.41, 5.74) is 12.7. The minimum atomic E-state index is -0.0458. The predicted octanol–water partition coefficient (Wildman–Crippen LogP) is 10.00. The van der Waals surface area contributed by atoms with Gasteiger partial charge < -0.3 is 0 Å². The summed E-state index contributed by atoms with van der Waals surface area (Å²) in [5, 5.41) is 2.38. The molecule has 0 unspecified atom stereocenters. The maximum atomic E-state index is 5.11. The van der Waals surface area contributed by atoms with Gasteiger partial charge in [-0.1, -0.05) is 117 Å². The highest BCUT2D eigenvalue weighted by Gasteiger charge is 2.35. The van der Waals surface area contributed by atoms with Crippen molar-refractivity contribution in [3.63, 3.8) is 0 Å². The summed E-state index contributed by atoms with van der Waals surface area (Å²) in [6.45, 7) is 4.67. The van der Waals surface area contributed by atoms with E-state index in [1.165, 1.54) is 44.2 Å². The number of rotatable bonds is 4. The molecule has 1 aliphatic rings. The van der Waals surface area contributed by atoms with E-state index in [2.05, 4.69) is 116 Å². The SMILES string of the molecule is CC1(C)c2ccccc2-c2ccc(-c3ccc(-c4cc(-c5ccncc5)nc(-c5ccccc5)n4)c4ccccc34)cc21. The van der Waals surface area contributed by atoms with Crippen LogP contribution in [-0.2, 0) is 5.41 Å². The van der Waals surface area contributed by atoms with E-state index in [0.29, 0.717) is 5.82 Å². The van der Waals surface area contributed by atoms with Crippen LogP contribution in [0.25, 0.3) is 66.9 Å². The van der Waals surface area contributed by atoms with Crippen molar-refractivity contribution in [1.29, 1.82) is 0 Å². The molecule has 2 heterocycles. The van der Waals surface area contributed by atoms with Crippen LogP contribution < -0.4 is 0 Å². The summed E-state index contributed by atoms with van der Waals surface area (Å²) in [5.74, 6) is 0.707. The van der Waals surface area contributed by atoms with Crippen LogP contribution in [0.2, 0.25) is 0 Å². The first-order valence-electron chi connectivity index (χ1n) is 14.7. The molecule has 0 atom stereocenters. The van der Waals surface area contributed by atoms with Crippen LogP contribution in [0, 0.1) is 0 Å². The highest BCUT2D eigenvalue weighted by molar-refractivity contribution is 6.05. The molecule has 204 valence electrons. The molecule has 0 fully saturated rings. The van der Waals surface area contributed by atoms with Gasteiger partial charge in [-0.25, -0.2) is 9.97 Å². The zero-order chi connectivity index (χ0) is 29.0. The Morgan fingerprint density at radius 3 is 1.88 bits per heavy atom. The molecular weight excluding hydrogens is 522 g/mol. The molecule has 8 rings (SSSR count). The zero-order valence-electron chi connectivity index (χ0n) is 24.1. The van der Waals surface area contributed by atoms with Gasteiger partial charge in [0.2, 0.25) is 0 Å². The minimum Gasteiger partial charge on any atom is -0.265 e. The van der Waals surface area contributed by atoms with Gasteiger partial charge in [-0.2, -0.15) is 0 Å². The van der Waals surface area contributed by atoms with Crippen molar-refractivity contribution >= 4 is 10.8 Å². The Hall–Kier alpha value is -5.41. The van der Waals surface area contributed by atoms with Crippen LogP contribution in [0.3, 0.4) is 0 Å². The van der Waals surface area contributed by atoms with Gasteiger partial charge in [0, 0.05) is 34.5 Å². The molecule has 3 heteroatoms. The molecule has 0 amide bonds. The lowest BCUT2D eigenvalue weighted by atomic mass is 9.81. The van der Waals surface area contributed by atoms with Crippen LogP contribution in [0.5, 0.6) is 0 Å². The predicted molar refractivity (Wildman–Crippen MR) is 177 cm³/mol. The van der Waals surface area contributed by atoms with Crippen molar-refractivity contribution < 1.29 is 0 Å². The molecule has 0 spiro atoms. The molecule has 0 saturated carbocycles. The first-order valence-corrected chi connectivity index (χ1v) is 14.7. The Morgan fingerprint density at radius 1 is 0.442 bits per heavy atom. The van der Waals surface area contributed by atoms with Crippen molar-refractivity contribution in [2.45, 2.75) is 19.3 Å². The Labute approximate surface area is 251 Å². The van der Waals surface area contributed by atoms with Crippen LogP contribution in [0.15, 0.2) is 140 Å². The van der Waals surface area contributed by atoms with E-state index >= 15 is 0 Å². The summed E-state index contributed by atoms with van der Waals surface area (Å²) in [6.07, 6.45) is 3.61. The van der Waals surface area contributed by atoms with E-state index in [4.69, 9.17) is 9.97 Å². The van der Waals surface area contributed by atoms with Gasteiger partial charge in [0.25, 0.3) is 0 Å². The summed E-state index contributed by atoms with van der Waals surface area (Å²) in [4.78, 5) is 14.3. The van der Waals surface area contributed by atoms with Crippen LogP contribution >= 0.6 is 0 Å². The maximum absolute atomic E-state index is 5.11. The van der Waals surface area contributed by atoms with Gasteiger partial charge in [0.15, 0.2) is 5.82 Å². The molecule has 2 aromatic heterocycles. The van der Waals surface area contributed by atoms with Gasteiger partial charge >= 0.3 is 0 Å². The lowest BCUT2D eigenvalue weighted by Gasteiger charge is -2.22. The molecule has 3 nitrogen and oxygen atoms in total. The van der Waals surface area contributed by atoms with Gasteiger partial charge in [0.05, 0.1) is 11.4 Å². The molecule has 7 aromatic rings. The van der Waals surface area contributed by atoms with Crippen molar-refractivity contribution in [2.75, 3.05) is 0 Å². The second kappa shape index (κ2) is 9.85. The highest BCUT2D eigenvalue weighted by atomic mass is 14.9. The van der Waals surface area contributed by atoms with E-state index in [-0.39, 0.29) is 5.41 Å². The third kappa shape index (κ3) is 4.16. The van der Waals surface area contributed by atoms with Crippen molar-refractivity contribution in [3.05, 3.63) is 151 Å². The van der Waals surface area contributed by atoms with E-state index in [0.717, 1.165) is 28.1 Å². The quantitative estimate of drug-likeness (QED) is 0.218. The standard InChI is InChI=1S/C40H29N3/c1-40(2)35-15-9-8-14-32(35)33-17-16-28(24-36(33)40)29-18-19-34(31-13-7-6-12-30(29)31)38-25-37(26-20-22-41-23-21-26)42-39(43-38)27-10-4-3-5-11-27/h3-25H,1-2H3. The van der Waals surface area contributed by atoms with E-state index in [1.54, 1.807) is 12.4 Å². The normalized spacial score (nSPS) is 13.1. The molecule has 0 radical (unpaired) electrons. The molecule has 1 aliphatic carbocycles. The van der Waals surface area contributed by atoms with Crippen LogP contribution in [0.4, 0.5) is 0 Å². The second-order valence-corrected chi connectivity index (χ2v) is 11.7. The lowest BCUT2D eigenvalue weighted by molar-refractivity contribution is 0.660. The van der Waals surface area contributed by atoms with Crippen molar-refractivity contribution in [1.82, 2.24) is 15.0 Å². The fourth-order valence-corrected chi connectivity index (χ4v) is 6.62. The fraction of sp³-hybridized carbons (Fsp3) is 0.0750. The zero-order valence-corrected chi connectivity index (χ0v) is 24.1. The molecule has 0 saturated heterocycles. The highest BCUT2D eigenvalue weighted by Crippen LogP contribution is 2.50. The summed E-state index contributed by atoms with van der Waals surface area (Å²) in [7, 11) is 0. The Balaban J connectivity index is 1.30. The van der Waals surface area contributed by atoms with E-state index < -0.39 is 0 Å². The molecule has 0 bridgehead atoms. The number of hydrogen-bond donors (Lipinski definition) is 0. The topological polar surface area (TPSA) is 38.7 Å². The molecular formula is C40H29N3. The minimum absolute atomic E-state index is 0.0458. The average Bonchev–Trinajstić information content (AvgIpc) is 3.30. The third-order valence-electron chi connectivity index (χ3n) is 8.83. The summed E-state index contributed by atoms with van der Waals surface area (Å²) in [6, 6.07) is 45.2. The van der Waals surface area contributed by atoms with Crippen LogP contribution in [0.1, 0.15) is 25.0 Å². The second-order valence-electron chi connectivity index (χ2n) is 11.7. The van der Waals surface area contributed by atoms with Gasteiger partial charge in [-0.3, -0.25) is 4.98 Å². The van der Waals surface area contributed by atoms with Gasteiger partial charge in [-0.05, 0) is 68.4 Å². The number of benzene rings is 5. The number of pyridine rings is 1. The summed E-state index contributed by atoms with van der Waals surface area (Å²) < 4.78 is 0. The van der Waals surface area contributed by atoms with E-state index in [1.807, 2.05) is 30.3 Å². The Morgan fingerprint density at radius 2 is 1.07 bits per heavy atom. The number of nitrogens with zero attached hydrogens (tertiary/aromatic N) is 3. The number of fused-ring (bicyclic) bond motifs is 4. The fourth-order valence-electron chi connectivity index (χ4n) is 6.62. The third-order valence-corrected chi connectivity index (χ3v) is 8.83. The van der Waals surface area contributed by atoms with Crippen LogP contribution in [-0.4, -0.2) is 15.0 Å². The smallest absolute Gasteiger partial charge is 0.160 e. The van der Waals surface area contributed by atoms with Gasteiger partial charge in [0.1, 0.15) is 0 Å². The lowest BCUT2D eigenvalue weighted by Crippen LogP contribution is -2.14. The van der Waals surface area contributed by atoms with Gasteiger partial charge in [-0.15, -0.1) is 0 Å². The first-order chi connectivity index (χ1) is 21.1. The van der Waals surface area contributed by atoms with Crippen molar-refractivity contribution in [3.8, 4) is 56.2 Å².